The molecule has 0 spiro atoms. The van der Waals surface area contributed by atoms with E-state index in [1.54, 1.807) is 6.26 Å². The quantitative estimate of drug-likeness (QED) is 0.509. The van der Waals surface area contributed by atoms with E-state index in [2.05, 4.69) is 6.58 Å². The molecule has 0 saturated carbocycles. The van der Waals surface area contributed by atoms with Crippen LogP contribution >= 0.6 is 0 Å². The van der Waals surface area contributed by atoms with Crippen molar-refractivity contribution in [2.45, 2.75) is 13.8 Å². The van der Waals surface area contributed by atoms with Crippen molar-refractivity contribution in [1.29, 1.82) is 0 Å². The summed E-state index contributed by atoms with van der Waals surface area (Å²) in [5.74, 6) is 0. The molecule has 0 aliphatic heterocycles. The van der Waals surface area contributed by atoms with E-state index >= 15 is 0 Å². The van der Waals surface area contributed by atoms with Gasteiger partial charge in [-0.25, -0.2) is 4.79 Å². The summed E-state index contributed by atoms with van der Waals surface area (Å²) in [6.07, 6.45) is 1.68. The minimum Gasteiger partial charge on any atom is -0.497 e. The van der Waals surface area contributed by atoms with Gasteiger partial charge in [0.05, 0.1) is 6.26 Å². The van der Waals surface area contributed by atoms with Gasteiger partial charge in [0.2, 0.25) is 0 Å². The standard InChI is InChI=1S/C7H12O.CH2O3/c1-4-5-8-6-7(2)3;2-1(3)4/h4-5H,2,6H2,1,3H3;(H2,2,3,4). The van der Waals surface area contributed by atoms with Gasteiger partial charge in [-0.15, -0.1) is 0 Å². The maximum absolute atomic E-state index is 8.56. The summed E-state index contributed by atoms with van der Waals surface area (Å²) >= 11 is 0. The second kappa shape index (κ2) is 9.55. The van der Waals surface area contributed by atoms with Crippen LogP contribution in [0.15, 0.2) is 24.5 Å². The van der Waals surface area contributed by atoms with Gasteiger partial charge in [0, 0.05) is 0 Å². The van der Waals surface area contributed by atoms with Gasteiger partial charge >= 0.3 is 6.16 Å². The zero-order valence-corrected chi connectivity index (χ0v) is 7.28. The second-order valence-corrected chi connectivity index (χ2v) is 2.02. The summed E-state index contributed by atoms with van der Waals surface area (Å²) in [7, 11) is 0. The average molecular weight is 174 g/mol. The lowest BCUT2D eigenvalue weighted by atomic mass is 10.4. The Labute approximate surface area is 71.8 Å². The molecule has 12 heavy (non-hydrogen) atoms. The summed E-state index contributed by atoms with van der Waals surface area (Å²) in [6.45, 7) is 8.15. The van der Waals surface area contributed by atoms with Crippen LogP contribution < -0.4 is 0 Å². The summed E-state index contributed by atoms with van der Waals surface area (Å²) < 4.78 is 4.96. The maximum Gasteiger partial charge on any atom is 0.503 e. The van der Waals surface area contributed by atoms with E-state index in [1.807, 2.05) is 19.9 Å². The monoisotopic (exact) mass is 174 g/mol. The fourth-order valence-electron chi connectivity index (χ4n) is 0.287. The van der Waals surface area contributed by atoms with Crippen LogP contribution in [0.4, 0.5) is 4.79 Å². The van der Waals surface area contributed by atoms with Gasteiger partial charge in [-0.3, -0.25) is 0 Å². The van der Waals surface area contributed by atoms with E-state index in [4.69, 9.17) is 19.7 Å². The molecule has 0 aromatic carbocycles. The van der Waals surface area contributed by atoms with Crippen molar-refractivity contribution >= 4 is 6.16 Å². The van der Waals surface area contributed by atoms with Crippen LogP contribution in [0, 0.1) is 0 Å². The lowest BCUT2D eigenvalue weighted by Crippen LogP contribution is -1.85. The Morgan fingerprint density at radius 1 is 1.58 bits per heavy atom. The zero-order valence-electron chi connectivity index (χ0n) is 7.28. The molecular formula is C8H14O4. The molecule has 0 heterocycles. The van der Waals surface area contributed by atoms with Gasteiger partial charge in [-0.05, 0) is 19.4 Å². The molecule has 4 nitrogen and oxygen atoms in total. The zero-order chi connectivity index (χ0) is 9.98. The van der Waals surface area contributed by atoms with Crippen LogP contribution in [0.25, 0.3) is 0 Å². The van der Waals surface area contributed by atoms with Crippen molar-refractivity contribution in [3.8, 4) is 0 Å². The number of rotatable bonds is 3. The highest BCUT2D eigenvalue weighted by Crippen LogP contribution is 1.87. The average Bonchev–Trinajstić information content (AvgIpc) is 1.86. The molecule has 0 rings (SSSR count). The second-order valence-electron chi connectivity index (χ2n) is 2.02. The Kier molecular flexibility index (Phi) is 10.5. The number of carboxylic acid groups (broad SMARTS) is 2. The molecule has 0 radical (unpaired) electrons. The summed E-state index contributed by atoms with van der Waals surface area (Å²) in [4.78, 5) is 8.56. The fraction of sp³-hybridized carbons (Fsp3) is 0.375. The van der Waals surface area contributed by atoms with Gasteiger partial charge in [-0.2, -0.15) is 0 Å². The minimum absolute atomic E-state index is 0.629. The van der Waals surface area contributed by atoms with E-state index in [0.29, 0.717) is 6.61 Å². The van der Waals surface area contributed by atoms with Crippen molar-refractivity contribution in [3.05, 3.63) is 24.5 Å². The molecule has 0 bridgehead atoms. The molecule has 0 aromatic heterocycles. The van der Waals surface area contributed by atoms with Crippen molar-refractivity contribution in [2.75, 3.05) is 6.61 Å². The third-order valence-electron chi connectivity index (χ3n) is 0.562. The SMILES string of the molecule is C=C(C)COC=CC.O=C(O)O. The van der Waals surface area contributed by atoms with Crippen molar-refractivity contribution < 1.29 is 19.7 Å². The fourth-order valence-corrected chi connectivity index (χ4v) is 0.287. The van der Waals surface area contributed by atoms with E-state index in [-0.39, 0.29) is 0 Å². The molecule has 4 heteroatoms. The predicted molar refractivity (Wildman–Crippen MR) is 46.2 cm³/mol. The number of ether oxygens (including phenoxy) is 1. The van der Waals surface area contributed by atoms with Crippen molar-refractivity contribution in [3.63, 3.8) is 0 Å². The van der Waals surface area contributed by atoms with Gasteiger partial charge in [0.25, 0.3) is 0 Å². The Hall–Kier alpha value is -1.45. The first-order chi connectivity index (χ1) is 5.50. The Morgan fingerprint density at radius 3 is 2.25 bits per heavy atom. The van der Waals surface area contributed by atoms with Crippen LogP contribution in [0.1, 0.15) is 13.8 Å². The summed E-state index contributed by atoms with van der Waals surface area (Å²) in [6, 6.07) is 0. The highest BCUT2D eigenvalue weighted by atomic mass is 16.6. The third-order valence-corrected chi connectivity index (χ3v) is 0.562. The molecule has 2 N–H and O–H groups in total. The molecule has 0 amide bonds. The van der Waals surface area contributed by atoms with E-state index in [9.17, 15) is 0 Å². The van der Waals surface area contributed by atoms with E-state index < -0.39 is 6.16 Å². The molecular weight excluding hydrogens is 160 g/mol. The maximum atomic E-state index is 8.56. The van der Waals surface area contributed by atoms with Crippen LogP contribution in [-0.2, 0) is 4.74 Å². The lowest BCUT2D eigenvalue weighted by Gasteiger charge is -1.95. The van der Waals surface area contributed by atoms with Crippen molar-refractivity contribution in [1.82, 2.24) is 0 Å². The molecule has 0 aliphatic rings. The smallest absolute Gasteiger partial charge is 0.497 e. The van der Waals surface area contributed by atoms with Crippen LogP contribution in [-0.4, -0.2) is 23.0 Å². The lowest BCUT2D eigenvalue weighted by molar-refractivity contribution is 0.137. The molecule has 0 atom stereocenters. The first-order valence-corrected chi connectivity index (χ1v) is 3.29. The highest BCUT2D eigenvalue weighted by Gasteiger charge is 1.78. The van der Waals surface area contributed by atoms with Crippen LogP contribution in [0.3, 0.4) is 0 Å². The summed E-state index contributed by atoms with van der Waals surface area (Å²) in [5, 5.41) is 13.9. The van der Waals surface area contributed by atoms with Gasteiger partial charge in [0.1, 0.15) is 6.61 Å². The van der Waals surface area contributed by atoms with Crippen LogP contribution in [0.2, 0.25) is 0 Å². The Bertz CT molecular complexity index is 156. The van der Waals surface area contributed by atoms with E-state index in [0.717, 1.165) is 5.57 Å². The predicted octanol–water partition coefficient (Wildman–Crippen LogP) is 2.34. The minimum atomic E-state index is -1.83. The van der Waals surface area contributed by atoms with E-state index in [1.165, 1.54) is 0 Å². The first kappa shape index (κ1) is 13.2. The molecule has 0 aliphatic carbocycles. The van der Waals surface area contributed by atoms with Gasteiger partial charge < -0.3 is 14.9 Å². The van der Waals surface area contributed by atoms with Crippen LogP contribution in [0.5, 0.6) is 0 Å². The molecule has 0 aromatic rings. The molecule has 70 valence electrons. The Morgan fingerprint density at radius 2 is 2.00 bits per heavy atom. The Balaban J connectivity index is 0. The van der Waals surface area contributed by atoms with Crippen molar-refractivity contribution in [2.24, 2.45) is 0 Å². The normalized spacial score (nSPS) is 8.50. The number of hydrogen-bond donors (Lipinski definition) is 2. The van der Waals surface area contributed by atoms with Gasteiger partial charge in [-0.1, -0.05) is 12.7 Å². The summed E-state index contributed by atoms with van der Waals surface area (Å²) in [5.41, 5.74) is 1.04. The highest BCUT2D eigenvalue weighted by molar-refractivity contribution is 5.53. The molecule has 0 unspecified atom stereocenters. The van der Waals surface area contributed by atoms with Gasteiger partial charge in [0.15, 0.2) is 0 Å². The molecule has 0 fully saturated rings. The number of carbonyl (C=O) groups is 1. The number of allylic oxidation sites excluding steroid dienone is 1. The first-order valence-electron chi connectivity index (χ1n) is 3.29. The number of hydrogen-bond acceptors (Lipinski definition) is 2. The topological polar surface area (TPSA) is 66.8 Å². The largest absolute Gasteiger partial charge is 0.503 e. The molecule has 0 saturated heterocycles. The third kappa shape index (κ3) is 38.7.